The number of sulfonamides is 1. The number of hydrogen-bond donors (Lipinski definition) is 1. The summed E-state index contributed by atoms with van der Waals surface area (Å²) < 4.78 is 43.2. The van der Waals surface area contributed by atoms with Crippen LogP contribution < -0.4 is 4.72 Å². The first-order chi connectivity index (χ1) is 12.9. The normalized spacial score (nSPS) is 14.3. The number of hydrogen-bond acceptors (Lipinski definition) is 5. The SMILES string of the molecule is O=S(=O)(Nc1ccc(F)cc1Cn1nnnc1C1CC1)c1ccc(Cl)cc1. The number of aromatic nitrogens is 4. The first-order valence-corrected chi connectivity index (χ1v) is 10.1. The Hall–Kier alpha value is -2.52. The van der Waals surface area contributed by atoms with E-state index in [1.165, 1.54) is 42.5 Å². The summed E-state index contributed by atoms with van der Waals surface area (Å²) in [6.07, 6.45) is 2.03. The quantitative estimate of drug-likeness (QED) is 0.677. The molecular weight excluding hydrogens is 393 g/mol. The molecule has 2 aromatic carbocycles. The van der Waals surface area contributed by atoms with Crippen molar-refractivity contribution < 1.29 is 12.8 Å². The van der Waals surface area contributed by atoms with Gasteiger partial charge in [0.25, 0.3) is 10.0 Å². The van der Waals surface area contributed by atoms with E-state index in [0.29, 0.717) is 16.5 Å². The van der Waals surface area contributed by atoms with Gasteiger partial charge in [-0.15, -0.1) is 5.10 Å². The molecular formula is C17H15ClFN5O2S. The average molecular weight is 408 g/mol. The van der Waals surface area contributed by atoms with Crippen LogP contribution in [0.3, 0.4) is 0 Å². The lowest BCUT2D eigenvalue weighted by Crippen LogP contribution is -2.16. The maximum atomic E-state index is 13.8. The van der Waals surface area contributed by atoms with E-state index in [1.807, 2.05) is 0 Å². The third-order valence-corrected chi connectivity index (χ3v) is 5.89. The van der Waals surface area contributed by atoms with E-state index in [9.17, 15) is 12.8 Å². The van der Waals surface area contributed by atoms with Crippen molar-refractivity contribution in [2.24, 2.45) is 0 Å². The molecule has 1 aliphatic carbocycles. The molecule has 4 rings (SSSR count). The summed E-state index contributed by atoms with van der Waals surface area (Å²) in [6, 6.07) is 9.65. The molecule has 0 saturated heterocycles. The van der Waals surface area contributed by atoms with Crippen LogP contribution in [0.5, 0.6) is 0 Å². The minimum atomic E-state index is -3.85. The Morgan fingerprint density at radius 1 is 1.19 bits per heavy atom. The fourth-order valence-electron chi connectivity index (χ4n) is 2.73. The minimum absolute atomic E-state index is 0.0586. The lowest BCUT2D eigenvalue weighted by atomic mass is 10.2. The maximum Gasteiger partial charge on any atom is 0.261 e. The first kappa shape index (κ1) is 17.9. The molecule has 140 valence electrons. The van der Waals surface area contributed by atoms with Crippen LogP contribution in [0.2, 0.25) is 5.02 Å². The highest BCUT2D eigenvalue weighted by atomic mass is 35.5. The molecule has 0 aliphatic heterocycles. The van der Waals surface area contributed by atoms with Crippen LogP contribution >= 0.6 is 11.6 Å². The van der Waals surface area contributed by atoms with Crippen LogP contribution in [0.4, 0.5) is 10.1 Å². The van der Waals surface area contributed by atoms with Crippen LogP contribution in [0.1, 0.15) is 30.1 Å². The zero-order chi connectivity index (χ0) is 19.0. The van der Waals surface area contributed by atoms with E-state index in [1.54, 1.807) is 4.68 Å². The van der Waals surface area contributed by atoms with Gasteiger partial charge < -0.3 is 0 Å². The van der Waals surface area contributed by atoms with Crippen LogP contribution in [-0.2, 0) is 16.6 Å². The second-order valence-corrected chi connectivity index (χ2v) is 8.45. The zero-order valence-electron chi connectivity index (χ0n) is 14.0. The topological polar surface area (TPSA) is 89.8 Å². The van der Waals surface area contributed by atoms with Crippen molar-refractivity contribution in [1.29, 1.82) is 0 Å². The summed E-state index contributed by atoms with van der Waals surface area (Å²) in [5.74, 6) is 0.564. The van der Waals surface area contributed by atoms with Crippen LogP contribution in [0.15, 0.2) is 47.4 Å². The van der Waals surface area contributed by atoms with Gasteiger partial charge in [0.1, 0.15) is 5.82 Å². The monoisotopic (exact) mass is 407 g/mol. The summed E-state index contributed by atoms with van der Waals surface area (Å²) in [5.41, 5.74) is 0.699. The molecule has 1 aromatic heterocycles. The molecule has 0 amide bonds. The van der Waals surface area contributed by atoms with Crippen molar-refractivity contribution in [3.8, 4) is 0 Å². The van der Waals surface area contributed by atoms with Gasteiger partial charge >= 0.3 is 0 Å². The number of rotatable bonds is 6. The molecule has 0 spiro atoms. The summed E-state index contributed by atoms with van der Waals surface area (Å²) in [5, 5.41) is 12.1. The Labute approximate surface area is 160 Å². The van der Waals surface area contributed by atoms with Crippen molar-refractivity contribution in [3.05, 3.63) is 64.7 Å². The van der Waals surface area contributed by atoms with E-state index in [4.69, 9.17) is 11.6 Å². The molecule has 1 aliphatic rings. The Bertz CT molecular complexity index is 1080. The molecule has 1 saturated carbocycles. The molecule has 10 heteroatoms. The molecule has 7 nitrogen and oxygen atoms in total. The number of anilines is 1. The number of benzene rings is 2. The Morgan fingerprint density at radius 2 is 1.93 bits per heavy atom. The third kappa shape index (κ3) is 3.93. The Balaban J connectivity index is 1.65. The third-order valence-electron chi connectivity index (χ3n) is 4.26. The van der Waals surface area contributed by atoms with Crippen LogP contribution in [-0.4, -0.2) is 28.6 Å². The maximum absolute atomic E-state index is 13.8. The predicted molar refractivity (Wildman–Crippen MR) is 97.6 cm³/mol. The Kier molecular flexibility index (Phi) is 4.56. The molecule has 0 radical (unpaired) electrons. The molecule has 1 N–H and O–H groups in total. The van der Waals surface area contributed by atoms with Gasteiger partial charge in [-0.05, 0) is 65.7 Å². The Morgan fingerprint density at radius 3 is 2.63 bits per heavy atom. The van der Waals surface area contributed by atoms with Crippen molar-refractivity contribution in [1.82, 2.24) is 20.2 Å². The van der Waals surface area contributed by atoms with Crippen molar-refractivity contribution in [3.63, 3.8) is 0 Å². The van der Waals surface area contributed by atoms with E-state index in [2.05, 4.69) is 20.2 Å². The molecule has 1 heterocycles. The molecule has 0 bridgehead atoms. The summed E-state index contributed by atoms with van der Waals surface area (Å²) in [7, 11) is -3.85. The van der Waals surface area contributed by atoms with Gasteiger partial charge in [-0.2, -0.15) is 0 Å². The van der Waals surface area contributed by atoms with E-state index in [-0.39, 0.29) is 17.1 Å². The molecule has 27 heavy (non-hydrogen) atoms. The average Bonchev–Trinajstić information content (AvgIpc) is 3.37. The zero-order valence-corrected chi connectivity index (χ0v) is 15.6. The minimum Gasteiger partial charge on any atom is -0.279 e. The number of nitrogens with zero attached hydrogens (tertiary/aromatic N) is 4. The van der Waals surface area contributed by atoms with Crippen molar-refractivity contribution >= 4 is 27.3 Å². The van der Waals surface area contributed by atoms with Gasteiger partial charge in [-0.3, -0.25) is 4.72 Å². The highest BCUT2D eigenvalue weighted by molar-refractivity contribution is 7.92. The molecule has 0 atom stereocenters. The van der Waals surface area contributed by atoms with E-state index < -0.39 is 15.8 Å². The summed E-state index contributed by atoms with van der Waals surface area (Å²) in [6.45, 7) is 0.162. The van der Waals surface area contributed by atoms with E-state index in [0.717, 1.165) is 18.7 Å². The number of halogens is 2. The standard InChI is InChI=1S/C17H15ClFN5O2S/c18-13-3-6-15(7-4-13)27(25,26)21-16-8-5-14(19)9-12(16)10-24-17(11-1-2-11)20-22-23-24/h3-9,11,21H,1-2,10H2. The van der Waals surface area contributed by atoms with Gasteiger partial charge in [-0.25, -0.2) is 17.5 Å². The van der Waals surface area contributed by atoms with Crippen LogP contribution in [0, 0.1) is 5.82 Å². The second kappa shape index (κ2) is 6.90. The second-order valence-electron chi connectivity index (χ2n) is 6.33. The van der Waals surface area contributed by atoms with Gasteiger partial charge in [0.15, 0.2) is 5.82 Å². The molecule has 3 aromatic rings. The smallest absolute Gasteiger partial charge is 0.261 e. The van der Waals surface area contributed by atoms with E-state index >= 15 is 0 Å². The summed E-state index contributed by atoms with van der Waals surface area (Å²) in [4.78, 5) is 0.0586. The van der Waals surface area contributed by atoms with Crippen LogP contribution in [0.25, 0.3) is 0 Å². The lowest BCUT2D eigenvalue weighted by molar-refractivity contribution is 0.597. The molecule has 1 fully saturated rings. The number of tetrazole rings is 1. The number of nitrogens with one attached hydrogen (secondary N) is 1. The lowest BCUT2D eigenvalue weighted by Gasteiger charge is -2.13. The molecule has 0 unspecified atom stereocenters. The first-order valence-electron chi connectivity index (χ1n) is 8.25. The highest BCUT2D eigenvalue weighted by Gasteiger charge is 2.29. The van der Waals surface area contributed by atoms with Gasteiger partial charge in [0.2, 0.25) is 0 Å². The fraction of sp³-hybridized carbons (Fsp3) is 0.235. The van der Waals surface area contributed by atoms with Gasteiger partial charge in [0, 0.05) is 16.5 Å². The predicted octanol–water partition coefficient (Wildman–Crippen LogP) is 3.19. The fourth-order valence-corrected chi connectivity index (χ4v) is 3.96. The van der Waals surface area contributed by atoms with Crippen molar-refractivity contribution in [2.45, 2.75) is 30.2 Å². The van der Waals surface area contributed by atoms with Gasteiger partial charge in [-0.1, -0.05) is 11.6 Å². The highest BCUT2D eigenvalue weighted by Crippen LogP contribution is 2.38. The van der Waals surface area contributed by atoms with Crippen molar-refractivity contribution in [2.75, 3.05) is 4.72 Å². The largest absolute Gasteiger partial charge is 0.279 e. The van der Waals surface area contributed by atoms with Gasteiger partial charge in [0.05, 0.1) is 17.1 Å². The summed E-state index contributed by atoms with van der Waals surface area (Å²) >= 11 is 5.81.